The predicted octanol–water partition coefficient (Wildman–Crippen LogP) is 1.63. The fourth-order valence-electron chi connectivity index (χ4n) is 4.86. The fourth-order valence-corrected chi connectivity index (χ4v) is 4.86. The minimum absolute atomic E-state index is 0.164. The largest absolute Gasteiger partial charge is 0.378 e. The Kier molecular flexibility index (Phi) is 6.11. The highest BCUT2D eigenvalue weighted by atomic mass is 16.5. The van der Waals surface area contributed by atoms with Gasteiger partial charge in [-0.15, -0.1) is 0 Å². The zero-order valence-electron chi connectivity index (χ0n) is 17.3. The first-order valence-corrected chi connectivity index (χ1v) is 10.8. The van der Waals surface area contributed by atoms with Crippen LogP contribution in [0.15, 0.2) is 6.20 Å². The summed E-state index contributed by atoms with van der Waals surface area (Å²) in [5.74, 6) is 2.43. The number of rotatable bonds is 3. The van der Waals surface area contributed by atoms with E-state index in [4.69, 9.17) is 4.74 Å². The van der Waals surface area contributed by atoms with Crippen molar-refractivity contribution in [1.29, 1.82) is 0 Å². The van der Waals surface area contributed by atoms with Gasteiger partial charge in [-0.1, -0.05) is 0 Å². The highest BCUT2D eigenvalue weighted by molar-refractivity contribution is 5.79. The molecule has 0 bridgehead atoms. The molecule has 0 radical (unpaired) electrons. The minimum atomic E-state index is 0.164. The number of morpholine rings is 1. The lowest BCUT2D eigenvalue weighted by molar-refractivity contribution is -0.141. The summed E-state index contributed by atoms with van der Waals surface area (Å²) in [7, 11) is 0. The highest BCUT2D eigenvalue weighted by Gasteiger charge is 2.34. The van der Waals surface area contributed by atoms with Crippen molar-refractivity contribution >= 4 is 11.7 Å². The maximum atomic E-state index is 12.9. The summed E-state index contributed by atoms with van der Waals surface area (Å²) in [5.41, 5.74) is 1.15. The number of carbonyl (C=O) groups excluding carboxylic acids is 1. The minimum Gasteiger partial charge on any atom is -0.378 e. The number of anilines is 1. The molecule has 0 aliphatic carbocycles. The third kappa shape index (κ3) is 4.30. The number of amides is 1. The van der Waals surface area contributed by atoms with Crippen molar-refractivity contribution in [3.8, 4) is 0 Å². The molecular weight excluding hydrogens is 354 g/mol. The Labute approximate surface area is 168 Å². The second-order valence-corrected chi connectivity index (χ2v) is 8.41. The van der Waals surface area contributed by atoms with Crippen LogP contribution in [0.1, 0.15) is 37.1 Å². The van der Waals surface area contributed by atoms with Crippen LogP contribution in [0.4, 0.5) is 5.82 Å². The van der Waals surface area contributed by atoms with Gasteiger partial charge in [-0.05, 0) is 46.1 Å². The van der Waals surface area contributed by atoms with Crippen LogP contribution in [-0.4, -0.2) is 84.2 Å². The van der Waals surface area contributed by atoms with Crippen LogP contribution in [-0.2, 0) is 9.53 Å². The Bertz CT molecular complexity index is 683. The lowest BCUT2D eigenvalue weighted by Crippen LogP contribution is -2.52. The molecule has 0 aromatic carbocycles. The lowest BCUT2D eigenvalue weighted by Gasteiger charge is -2.43. The average Bonchev–Trinajstić information content (AvgIpc) is 2.76. The van der Waals surface area contributed by atoms with Gasteiger partial charge in [-0.2, -0.15) is 0 Å². The number of piperidine rings is 2. The van der Waals surface area contributed by atoms with Crippen LogP contribution >= 0.6 is 0 Å². The monoisotopic (exact) mass is 387 g/mol. The third-order valence-corrected chi connectivity index (χ3v) is 6.47. The molecule has 4 rings (SSSR count). The number of aryl methyl sites for hydroxylation is 2. The topological polar surface area (TPSA) is 61.8 Å². The molecular formula is C21H33N5O2. The number of carbonyl (C=O) groups is 1. The van der Waals surface area contributed by atoms with E-state index < -0.39 is 0 Å². The van der Waals surface area contributed by atoms with E-state index in [1.807, 2.05) is 18.0 Å². The molecule has 0 spiro atoms. The number of ether oxygens (including phenoxy) is 1. The van der Waals surface area contributed by atoms with Gasteiger partial charge >= 0.3 is 0 Å². The summed E-state index contributed by atoms with van der Waals surface area (Å²) in [5, 5.41) is 0. The van der Waals surface area contributed by atoms with Crippen molar-refractivity contribution in [3.63, 3.8) is 0 Å². The van der Waals surface area contributed by atoms with E-state index in [9.17, 15) is 4.79 Å². The van der Waals surface area contributed by atoms with Gasteiger partial charge in [-0.3, -0.25) is 9.69 Å². The van der Waals surface area contributed by atoms with Gasteiger partial charge in [0.1, 0.15) is 11.6 Å². The molecule has 3 saturated heterocycles. The van der Waals surface area contributed by atoms with Gasteiger partial charge in [0, 0.05) is 50.5 Å². The van der Waals surface area contributed by atoms with Crippen LogP contribution in [0, 0.1) is 19.8 Å². The van der Waals surface area contributed by atoms with Gasteiger partial charge in [0.25, 0.3) is 0 Å². The number of nitrogens with zero attached hydrogens (tertiary/aromatic N) is 5. The molecule has 1 amide bonds. The Morgan fingerprint density at radius 2 is 1.82 bits per heavy atom. The molecule has 4 heterocycles. The lowest BCUT2D eigenvalue weighted by atomic mass is 9.92. The molecule has 7 heteroatoms. The van der Waals surface area contributed by atoms with Crippen LogP contribution in [0.25, 0.3) is 0 Å². The Balaban J connectivity index is 1.33. The van der Waals surface area contributed by atoms with Gasteiger partial charge in [0.15, 0.2) is 0 Å². The van der Waals surface area contributed by atoms with E-state index in [0.717, 1.165) is 82.2 Å². The van der Waals surface area contributed by atoms with Gasteiger partial charge in [0.05, 0.1) is 19.1 Å². The Morgan fingerprint density at radius 3 is 2.57 bits per heavy atom. The normalized spacial score (nSPS) is 25.1. The number of likely N-dealkylation sites (tertiary alicyclic amines) is 1. The zero-order valence-corrected chi connectivity index (χ0v) is 17.3. The molecule has 1 aromatic rings. The van der Waals surface area contributed by atoms with Crippen molar-refractivity contribution in [2.45, 2.75) is 45.6 Å². The molecule has 0 saturated carbocycles. The molecule has 1 atom stereocenters. The fraction of sp³-hybridized carbons (Fsp3) is 0.762. The first kappa shape index (κ1) is 19.6. The van der Waals surface area contributed by atoms with Gasteiger partial charge in [0.2, 0.25) is 5.91 Å². The number of hydrogen-bond acceptors (Lipinski definition) is 6. The standard InChI is InChI=1S/C21H33N5O2/c1-16-14-22-17(2)23-20(16)24-8-5-19(6-9-24)26-7-3-4-18(15-26)21(27)25-10-12-28-13-11-25/h14,18-19H,3-13,15H2,1-2H3/t18-/m1/s1. The predicted molar refractivity (Wildman–Crippen MR) is 108 cm³/mol. The van der Waals surface area contributed by atoms with Crippen molar-refractivity contribution in [1.82, 2.24) is 19.8 Å². The first-order chi connectivity index (χ1) is 13.6. The van der Waals surface area contributed by atoms with Crippen molar-refractivity contribution < 1.29 is 9.53 Å². The Morgan fingerprint density at radius 1 is 1.07 bits per heavy atom. The summed E-state index contributed by atoms with van der Waals surface area (Å²) in [6.45, 7) is 11.0. The third-order valence-electron chi connectivity index (χ3n) is 6.47. The molecule has 154 valence electrons. The van der Waals surface area contributed by atoms with E-state index in [1.54, 1.807) is 0 Å². The second-order valence-electron chi connectivity index (χ2n) is 8.41. The van der Waals surface area contributed by atoms with Crippen molar-refractivity contribution in [2.75, 3.05) is 57.4 Å². The Hall–Kier alpha value is -1.73. The quantitative estimate of drug-likeness (QED) is 0.786. The van der Waals surface area contributed by atoms with E-state index in [-0.39, 0.29) is 5.92 Å². The van der Waals surface area contributed by atoms with Crippen LogP contribution in [0.5, 0.6) is 0 Å². The number of aromatic nitrogens is 2. The summed E-state index contributed by atoms with van der Waals surface area (Å²) in [6.07, 6.45) is 6.37. The van der Waals surface area contributed by atoms with E-state index in [0.29, 0.717) is 25.2 Å². The van der Waals surface area contributed by atoms with Gasteiger partial charge < -0.3 is 14.5 Å². The van der Waals surface area contributed by atoms with Crippen LogP contribution in [0.2, 0.25) is 0 Å². The molecule has 3 aliphatic heterocycles. The maximum Gasteiger partial charge on any atom is 0.227 e. The molecule has 7 nitrogen and oxygen atoms in total. The van der Waals surface area contributed by atoms with Crippen molar-refractivity contribution in [2.24, 2.45) is 5.92 Å². The number of hydrogen-bond donors (Lipinski definition) is 0. The molecule has 1 aromatic heterocycles. The average molecular weight is 388 g/mol. The van der Waals surface area contributed by atoms with E-state index in [2.05, 4.69) is 26.7 Å². The molecule has 3 aliphatic rings. The van der Waals surface area contributed by atoms with Gasteiger partial charge in [-0.25, -0.2) is 9.97 Å². The molecule has 0 unspecified atom stereocenters. The van der Waals surface area contributed by atoms with E-state index >= 15 is 0 Å². The second kappa shape index (κ2) is 8.74. The molecule has 3 fully saturated rings. The summed E-state index contributed by atoms with van der Waals surface area (Å²) >= 11 is 0. The zero-order chi connectivity index (χ0) is 19.5. The first-order valence-electron chi connectivity index (χ1n) is 10.8. The van der Waals surface area contributed by atoms with Crippen LogP contribution in [0.3, 0.4) is 0 Å². The van der Waals surface area contributed by atoms with E-state index in [1.165, 1.54) is 0 Å². The summed E-state index contributed by atoms with van der Waals surface area (Å²) in [4.78, 5) is 28.9. The summed E-state index contributed by atoms with van der Waals surface area (Å²) < 4.78 is 5.40. The van der Waals surface area contributed by atoms with Crippen LogP contribution < -0.4 is 4.90 Å². The smallest absolute Gasteiger partial charge is 0.227 e. The summed E-state index contributed by atoms with van der Waals surface area (Å²) in [6, 6.07) is 0.583. The highest BCUT2D eigenvalue weighted by Crippen LogP contribution is 2.27. The molecule has 28 heavy (non-hydrogen) atoms. The molecule has 0 N–H and O–H groups in total. The van der Waals surface area contributed by atoms with Crippen molar-refractivity contribution in [3.05, 3.63) is 17.6 Å². The SMILES string of the molecule is Cc1ncc(C)c(N2CCC(N3CCC[C@@H](C(=O)N4CCOCC4)C3)CC2)n1. The maximum absolute atomic E-state index is 12.9.